The maximum atomic E-state index is 12.2. The first-order valence-corrected chi connectivity index (χ1v) is 7.75. The van der Waals surface area contributed by atoms with Crippen LogP contribution < -0.4 is 5.32 Å². The number of nitrogens with zero attached hydrogens (tertiary/aromatic N) is 1. The Kier molecular flexibility index (Phi) is 4.77. The molecule has 2 aromatic carbocycles. The van der Waals surface area contributed by atoms with Crippen molar-refractivity contribution >= 4 is 39.8 Å². The van der Waals surface area contributed by atoms with Crippen molar-refractivity contribution in [2.45, 2.75) is 0 Å². The number of rotatable bonds is 5. The van der Waals surface area contributed by atoms with Gasteiger partial charge in [0.25, 0.3) is 0 Å². The Hall–Kier alpha value is -2.85. The number of benzene rings is 2. The largest absolute Gasteiger partial charge is 0.458 e. The normalized spacial score (nSPS) is 10.4. The molecule has 0 fully saturated rings. The predicted octanol–water partition coefficient (Wildman–Crippen LogP) is 4.97. The van der Waals surface area contributed by atoms with E-state index in [0.29, 0.717) is 16.3 Å². The average Bonchev–Trinajstić information content (AvgIpc) is 2.60. The Balaban J connectivity index is 1.97. The van der Waals surface area contributed by atoms with Crippen LogP contribution in [0.25, 0.3) is 10.9 Å². The first-order valence-electron chi connectivity index (χ1n) is 7.37. The summed E-state index contributed by atoms with van der Waals surface area (Å²) in [5.74, 6) is -0.403. The second-order valence-corrected chi connectivity index (χ2v) is 5.51. The van der Waals surface area contributed by atoms with Crippen molar-refractivity contribution in [3.63, 3.8) is 0 Å². The van der Waals surface area contributed by atoms with Crippen LogP contribution in [0.15, 0.2) is 67.4 Å². The minimum atomic E-state index is -0.403. The lowest BCUT2D eigenvalue weighted by Crippen LogP contribution is -2.08. The number of halogens is 1. The number of carbonyl (C=O) groups excluding carboxylic acids is 1. The molecule has 24 heavy (non-hydrogen) atoms. The summed E-state index contributed by atoms with van der Waals surface area (Å²) in [4.78, 5) is 16.5. The van der Waals surface area contributed by atoms with Crippen molar-refractivity contribution in [2.75, 3.05) is 11.9 Å². The van der Waals surface area contributed by atoms with E-state index in [2.05, 4.69) is 16.9 Å². The molecule has 0 saturated heterocycles. The molecule has 0 bridgehead atoms. The summed E-state index contributed by atoms with van der Waals surface area (Å²) >= 11 is 6.02. The van der Waals surface area contributed by atoms with Gasteiger partial charge >= 0.3 is 5.97 Å². The van der Waals surface area contributed by atoms with Crippen LogP contribution in [-0.4, -0.2) is 17.6 Å². The van der Waals surface area contributed by atoms with Gasteiger partial charge in [-0.25, -0.2) is 4.79 Å². The van der Waals surface area contributed by atoms with E-state index in [1.165, 1.54) is 6.08 Å². The summed E-state index contributed by atoms with van der Waals surface area (Å²) in [6.45, 7) is 3.72. The predicted molar refractivity (Wildman–Crippen MR) is 97.0 cm³/mol. The van der Waals surface area contributed by atoms with Gasteiger partial charge < -0.3 is 10.1 Å². The van der Waals surface area contributed by atoms with Crippen LogP contribution in [0, 0.1) is 0 Å². The van der Waals surface area contributed by atoms with Crippen LogP contribution in [0.1, 0.15) is 10.4 Å². The molecule has 0 atom stereocenters. The van der Waals surface area contributed by atoms with Gasteiger partial charge in [0.15, 0.2) is 0 Å². The number of carbonyl (C=O) groups is 1. The maximum Gasteiger partial charge on any atom is 0.340 e. The summed E-state index contributed by atoms with van der Waals surface area (Å²) in [5.41, 5.74) is 2.73. The Morgan fingerprint density at radius 1 is 1.21 bits per heavy atom. The molecule has 0 unspecified atom stereocenters. The van der Waals surface area contributed by atoms with Gasteiger partial charge in [-0.2, -0.15) is 0 Å². The van der Waals surface area contributed by atoms with Crippen LogP contribution in [0.4, 0.5) is 11.4 Å². The number of hydrogen-bond donors (Lipinski definition) is 1. The third-order valence-corrected chi connectivity index (χ3v) is 3.69. The lowest BCUT2D eigenvalue weighted by Gasteiger charge is -2.13. The van der Waals surface area contributed by atoms with Crippen LogP contribution in [-0.2, 0) is 4.74 Å². The van der Waals surface area contributed by atoms with Crippen LogP contribution >= 0.6 is 11.6 Å². The van der Waals surface area contributed by atoms with Gasteiger partial charge in [0.05, 0.1) is 16.8 Å². The van der Waals surface area contributed by atoms with Crippen molar-refractivity contribution in [1.29, 1.82) is 0 Å². The van der Waals surface area contributed by atoms with E-state index < -0.39 is 5.97 Å². The first kappa shape index (κ1) is 16.0. The Morgan fingerprint density at radius 3 is 2.88 bits per heavy atom. The molecule has 3 aromatic rings. The smallest absolute Gasteiger partial charge is 0.340 e. The van der Waals surface area contributed by atoms with Crippen LogP contribution in [0.3, 0.4) is 0 Å². The highest BCUT2D eigenvalue weighted by Gasteiger charge is 2.13. The third-order valence-electron chi connectivity index (χ3n) is 3.45. The highest BCUT2D eigenvalue weighted by atomic mass is 35.5. The van der Waals surface area contributed by atoms with Gasteiger partial charge in [0.1, 0.15) is 6.61 Å². The zero-order valence-electron chi connectivity index (χ0n) is 12.8. The molecular weight excluding hydrogens is 324 g/mol. The van der Waals surface area contributed by atoms with Gasteiger partial charge in [0, 0.05) is 22.3 Å². The number of nitrogens with one attached hydrogen (secondary N) is 1. The topological polar surface area (TPSA) is 51.2 Å². The summed E-state index contributed by atoms with van der Waals surface area (Å²) in [6.07, 6.45) is 3.23. The molecule has 4 nitrogen and oxygen atoms in total. The van der Waals surface area contributed by atoms with Gasteiger partial charge in [-0.3, -0.25) is 4.98 Å². The molecule has 3 rings (SSSR count). The van der Waals surface area contributed by atoms with Crippen LogP contribution in [0.5, 0.6) is 0 Å². The second kappa shape index (κ2) is 7.15. The van der Waals surface area contributed by atoms with E-state index in [-0.39, 0.29) is 6.61 Å². The fourth-order valence-corrected chi connectivity index (χ4v) is 2.52. The lowest BCUT2D eigenvalue weighted by molar-refractivity contribution is 0.0551. The molecule has 0 aliphatic heterocycles. The third kappa shape index (κ3) is 3.39. The highest BCUT2D eigenvalue weighted by Crippen LogP contribution is 2.28. The molecule has 0 aliphatic carbocycles. The zero-order valence-corrected chi connectivity index (χ0v) is 13.6. The number of pyridine rings is 1. The number of fused-ring (bicyclic) bond motifs is 1. The van der Waals surface area contributed by atoms with Gasteiger partial charge in [-0.15, -0.1) is 0 Å². The zero-order chi connectivity index (χ0) is 16.9. The minimum absolute atomic E-state index is 0.170. The number of anilines is 2. The Morgan fingerprint density at radius 2 is 2.04 bits per heavy atom. The summed E-state index contributed by atoms with van der Waals surface area (Å²) in [7, 11) is 0. The van der Waals surface area contributed by atoms with Crippen molar-refractivity contribution in [1.82, 2.24) is 4.98 Å². The second-order valence-electron chi connectivity index (χ2n) is 5.08. The van der Waals surface area contributed by atoms with E-state index in [4.69, 9.17) is 16.3 Å². The molecule has 1 aromatic heterocycles. The molecule has 0 aliphatic rings. The monoisotopic (exact) mass is 338 g/mol. The molecule has 1 N–H and O–H groups in total. The molecule has 0 radical (unpaired) electrons. The van der Waals surface area contributed by atoms with E-state index >= 15 is 0 Å². The SMILES string of the molecule is C=CCOC(=O)c1ccccc1Nc1ccnc2cc(Cl)ccc12. The minimum Gasteiger partial charge on any atom is -0.458 e. The Bertz CT molecular complexity index is 909. The van der Waals surface area contributed by atoms with E-state index in [9.17, 15) is 4.79 Å². The summed E-state index contributed by atoms with van der Waals surface area (Å²) in [5, 5.41) is 4.82. The van der Waals surface area contributed by atoms with Gasteiger partial charge in [-0.05, 0) is 36.4 Å². The fourth-order valence-electron chi connectivity index (χ4n) is 2.36. The number of para-hydroxylation sites is 1. The first-order chi connectivity index (χ1) is 11.7. The van der Waals surface area contributed by atoms with Gasteiger partial charge in [0.2, 0.25) is 0 Å². The molecule has 5 heteroatoms. The van der Waals surface area contributed by atoms with Crippen molar-refractivity contribution < 1.29 is 9.53 Å². The van der Waals surface area contributed by atoms with Crippen LogP contribution in [0.2, 0.25) is 5.02 Å². The molecule has 1 heterocycles. The molecule has 0 saturated carbocycles. The molecule has 0 amide bonds. The number of hydrogen-bond acceptors (Lipinski definition) is 4. The van der Waals surface area contributed by atoms with Crippen molar-refractivity contribution in [2.24, 2.45) is 0 Å². The fraction of sp³-hybridized carbons (Fsp3) is 0.0526. The maximum absolute atomic E-state index is 12.2. The summed E-state index contributed by atoms with van der Waals surface area (Å²) < 4.78 is 5.13. The Labute approximate surface area is 144 Å². The van der Waals surface area contributed by atoms with E-state index in [1.54, 1.807) is 30.5 Å². The standard InChI is InChI=1S/C19H15ClN2O2/c1-2-11-24-19(23)15-5-3-4-6-16(15)22-17-9-10-21-18-12-13(20)7-8-14(17)18/h2-10,12H,1,11H2,(H,21,22). The number of aromatic nitrogens is 1. The molecular formula is C19H15ClN2O2. The number of esters is 1. The van der Waals surface area contributed by atoms with Gasteiger partial charge in [-0.1, -0.05) is 36.4 Å². The lowest BCUT2D eigenvalue weighted by atomic mass is 10.1. The molecule has 0 spiro atoms. The number of ether oxygens (including phenoxy) is 1. The molecule has 120 valence electrons. The summed E-state index contributed by atoms with van der Waals surface area (Å²) in [6, 6.07) is 14.5. The van der Waals surface area contributed by atoms with E-state index in [0.717, 1.165) is 16.6 Å². The van der Waals surface area contributed by atoms with Crippen molar-refractivity contribution in [3.05, 3.63) is 78.0 Å². The average molecular weight is 339 g/mol. The quantitative estimate of drug-likeness (QED) is 0.527. The highest BCUT2D eigenvalue weighted by molar-refractivity contribution is 6.31. The van der Waals surface area contributed by atoms with Crippen molar-refractivity contribution in [3.8, 4) is 0 Å². The van der Waals surface area contributed by atoms with E-state index in [1.807, 2.05) is 24.3 Å².